The van der Waals surface area contributed by atoms with Gasteiger partial charge in [-0.15, -0.1) is 11.6 Å². The molecule has 2 heterocycles. The van der Waals surface area contributed by atoms with E-state index in [4.69, 9.17) is 40.0 Å². The topological polar surface area (TPSA) is 136 Å². The van der Waals surface area contributed by atoms with Crippen molar-refractivity contribution < 1.29 is 47.6 Å². The lowest BCUT2D eigenvalue weighted by molar-refractivity contribution is -0.145. The molecule has 1 N–H and O–H groups in total. The van der Waals surface area contributed by atoms with E-state index in [0.717, 1.165) is 17.7 Å². The van der Waals surface area contributed by atoms with Crippen molar-refractivity contribution in [3.8, 4) is 28.7 Å². The van der Waals surface area contributed by atoms with E-state index in [0.29, 0.717) is 59.3 Å². The number of hydrogen-bond acceptors (Lipinski definition) is 10. The quantitative estimate of drug-likeness (QED) is 0.116. The number of amides is 1. The molecule has 3 aromatic carbocycles. The van der Waals surface area contributed by atoms with Gasteiger partial charge in [0.1, 0.15) is 35.4 Å². The molecule has 6 rings (SSSR count). The zero-order valence-electron chi connectivity index (χ0n) is 26.9. The Balaban J connectivity index is 1.12. The first-order chi connectivity index (χ1) is 23.7. The maximum atomic E-state index is 13.5. The van der Waals surface area contributed by atoms with Gasteiger partial charge in [-0.3, -0.25) is 14.4 Å². The van der Waals surface area contributed by atoms with Crippen molar-refractivity contribution in [2.75, 3.05) is 32.2 Å². The number of allylic oxidation sites excluding steroid dienone is 1. The molecule has 1 unspecified atom stereocenters. The summed E-state index contributed by atoms with van der Waals surface area (Å²) in [6.45, 7) is 3.82. The Morgan fingerprint density at radius 3 is 2.12 bits per heavy atom. The van der Waals surface area contributed by atoms with Crippen LogP contribution in [0.4, 0.5) is 0 Å². The minimum atomic E-state index is -1.32. The first kappa shape index (κ1) is 33.8. The maximum absolute atomic E-state index is 13.5. The molecule has 49 heavy (non-hydrogen) atoms. The second kappa shape index (κ2) is 14.6. The highest BCUT2D eigenvalue weighted by atomic mass is 35.5. The minimum absolute atomic E-state index is 0.244. The molecule has 254 valence electrons. The Morgan fingerprint density at radius 1 is 0.878 bits per heavy atom. The Morgan fingerprint density at radius 2 is 1.51 bits per heavy atom. The third-order valence-electron chi connectivity index (χ3n) is 8.29. The lowest BCUT2D eigenvalue weighted by Crippen LogP contribution is -2.38. The molecule has 2 aliphatic heterocycles. The first-order valence-electron chi connectivity index (χ1n) is 15.8. The van der Waals surface area contributed by atoms with Crippen molar-refractivity contribution in [1.29, 1.82) is 0 Å². The van der Waals surface area contributed by atoms with Crippen LogP contribution in [0.5, 0.6) is 28.7 Å². The summed E-state index contributed by atoms with van der Waals surface area (Å²) in [6, 6.07) is 17.4. The number of carbonyl (C=O) groups is 4. The van der Waals surface area contributed by atoms with Gasteiger partial charge in [0.25, 0.3) is 5.91 Å². The van der Waals surface area contributed by atoms with Crippen molar-refractivity contribution in [2.45, 2.75) is 32.3 Å². The Hall–Kier alpha value is -5.13. The summed E-state index contributed by atoms with van der Waals surface area (Å²) in [4.78, 5) is 49.9. The number of ether oxygens (including phenoxy) is 6. The summed E-state index contributed by atoms with van der Waals surface area (Å²) in [7, 11) is 0. The number of hydrogen-bond donors (Lipinski definition) is 1. The summed E-state index contributed by atoms with van der Waals surface area (Å²) >= 11 is 5.78. The molecular formula is C37H34ClNO10. The van der Waals surface area contributed by atoms with Crippen LogP contribution in [0.1, 0.15) is 37.0 Å². The number of rotatable bonds is 12. The van der Waals surface area contributed by atoms with Crippen molar-refractivity contribution in [2.24, 2.45) is 5.92 Å². The number of alkyl halides is 1. The molecule has 1 saturated heterocycles. The largest absolute Gasteiger partial charge is 0.491 e. The van der Waals surface area contributed by atoms with Gasteiger partial charge in [-0.2, -0.15) is 0 Å². The highest BCUT2D eigenvalue weighted by Crippen LogP contribution is 2.60. The van der Waals surface area contributed by atoms with Crippen LogP contribution < -0.4 is 24.3 Å². The van der Waals surface area contributed by atoms with Crippen LogP contribution in [0.3, 0.4) is 0 Å². The van der Waals surface area contributed by atoms with Gasteiger partial charge < -0.3 is 33.7 Å². The van der Waals surface area contributed by atoms with E-state index in [1.165, 1.54) is 13.8 Å². The van der Waals surface area contributed by atoms with Crippen LogP contribution in [0.25, 0.3) is 0 Å². The Labute approximate surface area is 287 Å². The number of esters is 3. The normalized spacial score (nSPS) is 16.6. The van der Waals surface area contributed by atoms with E-state index in [2.05, 4.69) is 5.32 Å². The molecule has 12 heteroatoms. The van der Waals surface area contributed by atoms with Gasteiger partial charge in [0.05, 0.1) is 13.2 Å². The zero-order valence-corrected chi connectivity index (χ0v) is 27.7. The average molecular weight is 688 g/mol. The van der Waals surface area contributed by atoms with E-state index in [-0.39, 0.29) is 30.6 Å². The minimum Gasteiger partial charge on any atom is -0.491 e. The molecule has 1 amide bonds. The number of benzene rings is 3. The molecule has 1 atom stereocenters. The van der Waals surface area contributed by atoms with Gasteiger partial charge in [-0.05, 0) is 60.9 Å². The fraction of sp³-hybridized carbons (Fsp3) is 0.297. The molecule has 1 aliphatic carbocycles. The highest BCUT2D eigenvalue weighted by Gasteiger charge is 2.59. The van der Waals surface area contributed by atoms with Gasteiger partial charge in [-0.1, -0.05) is 18.2 Å². The lowest BCUT2D eigenvalue weighted by atomic mass is 9.70. The molecular weight excluding hydrogens is 654 g/mol. The Bertz CT molecular complexity index is 1780. The third kappa shape index (κ3) is 7.18. The molecule has 1 spiro atoms. The van der Waals surface area contributed by atoms with E-state index in [9.17, 15) is 19.2 Å². The number of fused-ring (bicyclic) bond motifs is 6. The number of halogens is 1. The molecule has 0 radical (unpaired) electrons. The summed E-state index contributed by atoms with van der Waals surface area (Å²) in [5.74, 6) is -0.0563. The van der Waals surface area contributed by atoms with Crippen LogP contribution in [0.15, 0.2) is 84.0 Å². The maximum Gasteiger partial charge on any atom is 0.335 e. The number of carbonyl (C=O) groups excluding carboxylic acids is 4. The van der Waals surface area contributed by atoms with E-state index >= 15 is 0 Å². The molecule has 3 aliphatic rings. The molecule has 0 bridgehead atoms. The van der Waals surface area contributed by atoms with Crippen molar-refractivity contribution in [1.82, 2.24) is 5.32 Å². The number of aryl methyl sites for hydroxylation is 1. The van der Waals surface area contributed by atoms with Crippen LogP contribution in [-0.2, 0) is 40.7 Å². The zero-order chi connectivity index (χ0) is 34.5. The first-order valence-corrected chi connectivity index (χ1v) is 16.3. The van der Waals surface area contributed by atoms with Gasteiger partial charge >= 0.3 is 17.9 Å². The second-order valence-corrected chi connectivity index (χ2v) is 12.0. The van der Waals surface area contributed by atoms with Crippen LogP contribution in [0, 0.1) is 5.92 Å². The summed E-state index contributed by atoms with van der Waals surface area (Å²) in [5.41, 5.74) is 1.58. The van der Waals surface area contributed by atoms with Gasteiger partial charge in [0.2, 0.25) is 0 Å². The van der Waals surface area contributed by atoms with Crippen molar-refractivity contribution >= 4 is 35.4 Å². The Kier molecular flexibility index (Phi) is 10.0. The summed E-state index contributed by atoms with van der Waals surface area (Å²) in [5, 5.41) is 2.84. The van der Waals surface area contributed by atoms with Crippen molar-refractivity contribution in [3.05, 3.63) is 101 Å². The van der Waals surface area contributed by atoms with Gasteiger partial charge in [-0.25, -0.2) is 4.79 Å². The molecule has 0 aromatic heterocycles. The molecule has 0 saturated carbocycles. The highest BCUT2D eigenvalue weighted by molar-refractivity contribution is 6.18. The molecule has 3 aromatic rings. The summed E-state index contributed by atoms with van der Waals surface area (Å²) in [6.07, 6.45) is 4.44. The fourth-order valence-corrected chi connectivity index (χ4v) is 6.45. The summed E-state index contributed by atoms with van der Waals surface area (Å²) < 4.78 is 34.3. The second-order valence-electron chi connectivity index (χ2n) is 11.6. The van der Waals surface area contributed by atoms with E-state index in [1.807, 2.05) is 24.3 Å². The SMILES string of the molecule is CC(=O)Oc1ccc2c(c1)Oc1cc(OC(C)=O)ccc1C21OC(=O)C2=CC(C(=O)NCCOCCOc3ccc(CCCl)cc3)=CCC21. The fourth-order valence-electron chi connectivity index (χ4n) is 6.24. The van der Waals surface area contributed by atoms with Crippen LogP contribution in [0.2, 0.25) is 0 Å². The van der Waals surface area contributed by atoms with Gasteiger partial charge in [0.15, 0.2) is 5.60 Å². The van der Waals surface area contributed by atoms with E-state index < -0.39 is 29.4 Å². The number of nitrogens with one attached hydrogen (secondary N) is 1. The van der Waals surface area contributed by atoms with Crippen LogP contribution in [-0.4, -0.2) is 56.1 Å². The smallest absolute Gasteiger partial charge is 0.335 e. The standard InChI is InChI=1S/C37H34ClNO10/c1-22(40)46-27-8-11-31-33(20-27)48-34-21-28(47-23(2)41)9-12-32(34)37(31)30-10-5-25(19-29(30)36(43)49-37)35(42)39-15-16-44-17-18-45-26-6-3-24(4-7-26)13-14-38/h3-9,11-12,19-21,30H,10,13-18H2,1-2H3,(H,39,42). The van der Waals surface area contributed by atoms with E-state index in [1.54, 1.807) is 48.6 Å². The van der Waals surface area contributed by atoms with Gasteiger partial charge in [0, 0.05) is 66.6 Å². The lowest BCUT2D eigenvalue weighted by Gasteiger charge is -2.40. The van der Waals surface area contributed by atoms with Crippen molar-refractivity contribution in [3.63, 3.8) is 0 Å². The van der Waals surface area contributed by atoms with Crippen LogP contribution >= 0.6 is 11.6 Å². The monoisotopic (exact) mass is 687 g/mol. The average Bonchev–Trinajstić information content (AvgIpc) is 3.36. The molecule has 1 fully saturated rings. The molecule has 11 nitrogen and oxygen atoms in total. The predicted octanol–water partition coefficient (Wildman–Crippen LogP) is 5.31. The predicted molar refractivity (Wildman–Crippen MR) is 177 cm³/mol. The third-order valence-corrected chi connectivity index (χ3v) is 8.48.